The van der Waals surface area contributed by atoms with E-state index in [0.29, 0.717) is 37.4 Å². The molecule has 3 N–H and O–H groups in total. The minimum Gasteiger partial charge on any atom is -0.483 e. The second-order valence-corrected chi connectivity index (χ2v) is 6.39. The van der Waals surface area contributed by atoms with Crippen LogP contribution < -0.4 is 20.8 Å². The molecule has 9 heteroatoms. The van der Waals surface area contributed by atoms with Gasteiger partial charge in [0.05, 0.1) is 6.21 Å². The predicted octanol–water partition coefficient (Wildman–Crippen LogP) is 0.985. The molecular weight excluding hydrogens is 400 g/mol. The predicted molar refractivity (Wildman–Crippen MR) is 115 cm³/mol. The maximum atomic E-state index is 12.0. The number of nitrogens with zero attached hydrogens (tertiary/aromatic N) is 1. The van der Waals surface area contributed by atoms with Gasteiger partial charge >= 0.3 is 11.8 Å². The first-order valence-electron chi connectivity index (χ1n) is 9.72. The van der Waals surface area contributed by atoms with Crippen molar-refractivity contribution in [3.63, 3.8) is 0 Å². The van der Waals surface area contributed by atoms with E-state index in [1.54, 1.807) is 31.4 Å². The Labute approximate surface area is 180 Å². The Morgan fingerprint density at radius 1 is 0.968 bits per heavy atom. The van der Waals surface area contributed by atoms with Crippen molar-refractivity contribution in [2.24, 2.45) is 5.10 Å². The summed E-state index contributed by atoms with van der Waals surface area (Å²) in [4.78, 5) is 35.4. The van der Waals surface area contributed by atoms with E-state index >= 15 is 0 Å². The maximum Gasteiger partial charge on any atom is 0.329 e. The molecular formula is C22H26N4O5. The summed E-state index contributed by atoms with van der Waals surface area (Å²) < 4.78 is 10.4. The maximum absolute atomic E-state index is 12.0. The van der Waals surface area contributed by atoms with Gasteiger partial charge in [0, 0.05) is 32.4 Å². The SMILES string of the molecule is COCCCNC(=O)C(=O)N/N=C\c1ccccc1OCC(=O)NCc1ccccc1. The van der Waals surface area contributed by atoms with Gasteiger partial charge in [0.2, 0.25) is 0 Å². The standard InChI is InChI=1S/C22H26N4O5/c1-30-13-7-12-23-21(28)22(29)26-25-15-18-10-5-6-11-19(18)31-16-20(27)24-14-17-8-3-2-4-9-17/h2-6,8-11,15H,7,12-14,16H2,1H3,(H,23,28)(H,24,27)(H,26,29)/b25-15-. The van der Waals surface area contributed by atoms with Gasteiger partial charge in [0.25, 0.3) is 5.91 Å². The van der Waals surface area contributed by atoms with E-state index in [4.69, 9.17) is 9.47 Å². The summed E-state index contributed by atoms with van der Waals surface area (Å²) in [6.45, 7) is 1.05. The third-order valence-corrected chi connectivity index (χ3v) is 4.00. The lowest BCUT2D eigenvalue weighted by Crippen LogP contribution is -2.38. The molecule has 2 aromatic carbocycles. The number of methoxy groups -OCH3 is 1. The number of amides is 3. The van der Waals surface area contributed by atoms with Gasteiger partial charge in [-0.25, -0.2) is 5.43 Å². The van der Waals surface area contributed by atoms with E-state index in [2.05, 4.69) is 21.2 Å². The van der Waals surface area contributed by atoms with Gasteiger partial charge < -0.3 is 20.1 Å². The van der Waals surface area contributed by atoms with Crippen LogP contribution in [0, 0.1) is 0 Å². The molecule has 0 aliphatic rings. The minimum atomic E-state index is -0.882. The Bertz CT molecular complexity index is 886. The van der Waals surface area contributed by atoms with Gasteiger partial charge in [-0.05, 0) is 24.1 Å². The van der Waals surface area contributed by atoms with Crippen molar-refractivity contribution in [2.75, 3.05) is 26.9 Å². The Morgan fingerprint density at radius 2 is 1.71 bits per heavy atom. The zero-order valence-corrected chi connectivity index (χ0v) is 17.3. The molecule has 0 fully saturated rings. The van der Waals surface area contributed by atoms with Gasteiger partial charge in [0.1, 0.15) is 5.75 Å². The first kappa shape index (κ1) is 23.6. The molecule has 0 aliphatic heterocycles. The van der Waals surface area contributed by atoms with E-state index in [1.807, 2.05) is 30.3 Å². The molecule has 2 rings (SSSR count). The molecule has 0 atom stereocenters. The molecule has 0 aliphatic carbocycles. The average Bonchev–Trinajstić information content (AvgIpc) is 2.80. The molecule has 0 bridgehead atoms. The van der Waals surface area contributed by atoms with Crippen LogP contribution in [0.1, 0.15) is 17.5 Å². The quantitative estimate of drug-likeness (QED) is 0.214. The number of nitrogens with one attached hydrogen (secondary N) is 3. The van der Waals surface area contributed by atoms with Gasteiger partial charge in [-0.15, -0.1) is 0 Å². The van der Waals surface area contributed by atoms with E-state index in [0.717, 1.165) is 5.56 Å². The summed E-state index contributed by atoms with van der Waals surface area (Å²) in [6.07, 6.45) is 1.94. The molecule has 2 aromatic rings. The van der Waals surface area contributed by atoms with Crippen molar-refractivity contribution in [1.29, 1.82) is 0 Å². The fourth-order valence-corrected chi connectivity index (χ4v) is 2.42. The van der Waals surface area contributed by atoms with Crippen LogP contribution in [0.25, 0.3) is 0 Å². The van der Waals surface area contributed by atoms with Crippen molar-refractivity contribution < 1.29 is 23.9 Å². The number of benzene rings is 2. The summed E-state index contributed by atoms with van der Waals surface area (Å²) in [7, 11) is 1.56. The van der Waals surface area contributed by atoms with Crippen molar-refractivity contribution in [1.82, 2.24) is 16.1 Å². The zero-order valence-electron chi connectivity index (χ0n) is 17.3. The smallest absolute Gasteiger partial charge is 0.329 e. The number of ether oxygens (including phenoxy) is 2. The Hall–Kier alpha value is -3.72. The second-order valence-electron chi connectivity index (χ2n) is 6.39. The Kier molecular flexibility index (Phi) is 10.3. The average molecular weight is 426 g/mol. The lowest BCUT2D eigenvalue weighted by Gasteiger charge is -2.09. The molecule has 0 saturated heterocycles. The van der Waals surface area contributed by atoms with Crippen molar-refractivity contribution in [2.45, 2.75) is 13.0 Å². The Balaban J connectivity index is 1.79. The summed E-state index contributed by atoms with van der Waals surface area (Å²) >= 11 is 0. The van der Waals surface area contributed by atoms with Crippen molar-refractivity contribution >= 4 is 23.9 Å². The van der Waals surface area contributed by atoms with Gasteiger partial charge in [0.15, 0.2) is 6.61 Å². The number of hydrazone groups is 1. The van der Waals surface area contributed by atoms with Crippen LogP contribution in [0.4, 0.5) is 0 Å². The first-order chi connectivity index (χ1) is 15.1. The highest BCUT2D eigenvalue weighted by atomic mass is 16.5. The molecule has 3 amide bonds. The van der Waals surface area contributed by atoms with Gasteiger partial charge in [-0.2, -0.15) is 5.10 Å². The highest BCUT2D eigenvalue weighted by molar-refractivity contribution is 6.35. The van der Waals surface area contributed by atoms with Crippen LogP contribution in [-0.4, -0.2) is 50.8 Å². The molecule has 0 heterocycles. The molecule has 0 spiro atoms. The van der Waals surface area contributed by atoms with Gasteiger partial charge in [-0.3, -0.25) is 14.4 Å². The number of para-hydroxylation sites is 1. The summed E-state index contributed by atoms with van der Waals surface area (Å²) in [6, 6.07) is 16.4. The molecule has 0 saturated carbocycles. The lowest BCUT2D eigenvalue weighted by atomic mass is 10.2. The molecule has 0 aromatic heterocycles. The fourth-order valence-electron chi connectivity index (χ4n) is 2.42. The van der Waals surface area contributed by atoms with Crippen LogP contribution >= 0.6 is 0 Å². The molecule has 0 unspecified atom stereocenters. The Morgan fingerprint density at radius 3 is 2.48 bits per heavy atom. The van der Waals surface area contributed by atoms with Crippen LogP contribution in [0.3, 0.4) is 0 Å². The normalized spacial score (nSPS) is 10.5. The van der Waals surface area contributed by atoms with Crippen molar-refractivity contribution in [3.05, 3.63) is 65.7 Å². The largest absolute Gasteiger partial charge is 0.483 e. The van der Waals surface area contributed by atoms with E-state index in [1.165, 1.54) is 6.21 Å². The third kappa shape index (κ3) is 9.09. The number of rotatable bonds is 11. The molecule has 164 valence electrons. The lowest BCUT2D eigenvalue weighted by molar-refractivity contribution is -0.139. The zero-order chi connectivity index (χ0) is 22.3. The number of hydrogen-bond acceptors (Lipinski definition) is 6. The van der Waals surface area contributed by atoms with E-state index < -0.39 is 11.8 Å². The highest BCUT2D eigenvalue weighted by Gasteiger charge is 2.11. The van der Waals surface area contributed by atoms with Crippen LogP contribution in [-0.2, 0) is 25.7 Å². The minimum absolute atomic E-state index is 0.173. The van der Waals surface area contributed by atoms with E-state index in [9.17, 15) is 14.4 Å². The van der Waals surface area contributed by atoms with E-state index in [-0.39, 0.29) is 12.5 Å². The first-order valence-corrected chi connectivity index (χ1v) is 9.72. The number of hydrogen-bond donors (Lipinski definition) is 3. The van der Waals surface area contributed by atoms with Crippen molar-refractivity contribution in [3.8, 4) is 5.75 Å². The summed E-state index contributed by atoms with van der Waals surface area (Å²) in [5.74, 6) is -1.52. The second kappa shape index (κ2) is 13.5. The summed E-state index contributed by atoms with van der Waals surface area (Å²) in [5, 5.41) is 9.02. The monoisotopic (exact) mass is 426 g/mol. The van der Waals surface area contributed by atoms with Crippen LogP contribution in [0.15, 0.2) is 59.7 Å². The van der Waals surface area contributed by atoms with Crippen LogP contribution in [0.2, 0.25) is 0 Å². The molecule has 9 nitrogen and oxygen atoms in total. The number of carbonyl (C=O) groups excluding carboxylic acids is 3. The fraction of sp³-hybridized carbons (Fsp3) is 0.273. The third-order valence-electron chi connectivity index (χ3n) is 4.00. The van der Waals surface area contributed by atoms with Crippen LogP contribution in [0.5, 0.6) is 5.75 Å². The number of carbonyl (C=O) groups is 3. The molecule has 0 radical (unpaired) electrons. The molecule has 31 heavy (non-hydrogen) atoms. The summed E-state index contributed by atoms with van der Waals surface area (Å²) in [5.41, 5.74) is 3.68. The highest BCUT2D eigenvalue weighted by Crippen LogP contribution is 2.15. The van der Waals surface area contributed by atoms with Gasteiger partial charge in [-0.1, -0.05) is 42.5 Å². The topological polar surface area (TPSA) is 118 Å².